The van der Waals surface area contributed by atoms with Crippen LogP contribution in [0.1, 0.15) is 36.9 Å². The van der Waals surface area contributed by atoms with E-state index in [0.717, 1.165) is 10.8 Å². The Morgan fingerprint density at radius 1 is 0.952 bits per heavy atom. The molecule has 1 unspecified atom stereocenters. The zero-order chi connectivity index (χ0) is 15.2. The van der Waals surface area contributed by atoms with E-state index in [1.807, 2.05) is 31.3 Å². The zero-order valence-corrected chi connectivity index (χ0v) is 13.5. The van der Waals surface area contributed by atoms with Crippen LogP contribution in [0.2, 0.25) is 5.02 Å². The van der Waals surface area contributed by atoms with E-state index < -0.39 is 0 Å². The van der Waals surface area contributed by atoms with Crippen LogP contribution >= 0.6 is 11.6 Å². The third kappa shape index (κ3) is 4.48. The molecule has 2 nitrogen and oxygen atoms in total. The van der Waals surface area contributed by atoms with Crippen LogP contribution in [0.4, 0.5) is 0 Å². The van der Waals surface area contributed by atoms with Gasteiger partial charge in [0.1, 0.15) is 12.4 Å². The molecule has 1 atom stereocenters. The second kappa shape index (κ2) is 7.48. The lowest BCUT2D eigenvalue weighted by Gasteiger charge is -2.18. The van der Waals surface area contributed by atoms with E-state index in [0.29, 0.717) is 12.5 Å². The van der Waals surface area contributed by atoms with Gasteiger partial charge in [0.25, 0.3) is 0 Å². The minimum absolute atomic E-state index is 0.168. The highest BCUT2D eigenvalue weighted by atomic mass is 35.5. The Balaban J connectivity index is 2.00. The van der Waals surface area contributed by atoms with Crippen molar-refractivity contribution in [2.24, 2.45) is 0 Å². The van der Waals surface area contributed by atoms with Crippen molar-refractivity contribution < 1.29 is 4.74 Å². The normalized spacial score (nSPS) is 12.4. The molecule has 0 spiro atoms. The van der Waals surface area contributed by atoms with Crippen molar-refractivity contribution in [2.75, 3.05) is 13.7 Å². The van der Waals surface area contributed by atoms with Gasteiger partial charge in [-0.1, -0.05) is 49.7 Å². The molecule has 0 radical (unpaired) electrons. The van der Waals surface area contributed by atoms with Gasteiger partial charge in [-0.3, -0.25) is 0 Å². The van der Waals surface area contributed by atoms with Gasteiger partial charge in [-0.2, -0.15) is 0 Å². The topological polar surface area (TPSA) is 21.3 Å². The molecule has 21 heavy (non-hydrogen) atoms. The van der Waals surface area contributed by atoms with E-state index in [9.17, 15) is 0 Å². The number of hydrogen-bond donors (Lipinski definition) is 1. The summed E-state index contributed by atoms with van der Waals surface area (Å²) in [4.78, 5) is 0. The molecule has 2 aromatic carbocycles. The third-order valence-electron chi connectivity index (χ3n) is 3.58. The molecule has 3 heteroatoms. The fourth-order valence-electron chi connectivity index (χ4n) is 2.17. The van der Waals surface area contributed by atoms with Crippen molar-refractivity contribution in [3.63, 3.8) is 0 Å². The molecule has 0 bridgehead atoms. The van der Waals surface area contributed by atoms with Gasteiger partial charge in [0.15, 0.2) is 0 Å². The summed E-state index contributed by atoms with van der Waals surface area (Å²) in [5.74, 6) is 1.39. The molecule has 112 valence electrons. The van der Waals surface area contributed by atoms with Gasteiger partial charge in [0.2, 0.25) is 0 Å². The lowest BCUT2D eigenvalue weighted by atomic mass is 9.99. The number of hydrogen-bond acceptors (Lipinski definition) is 2. The first-order valence-electron chi connectivity index (χ1n) is 7.25. The molecule has 0 aromatic heterocycles. The predicted octanol–water partition coefficient (Wildman–Crippen LogP) is 4.80. The summed E-state index contributed by atoms with van der Waals surface area (Å²) in [6.45, 7) is 4.99. The highest BCUT2D eigenvalue weighted by molar-refractivity contribution is 6.30. The van der Waals surface area contributed by atoms with Crippen LogP contribution in [0, 0.1) is 0 Å². The lowest BCUT2D eigenvalue weighted by Crippen LogP contribution is -2.23. The van der Waals surface area contributed by atoms with E-state index in [-0.39, 0.29) is 6.04 Å². The van der Waals surface area contributed by atoms with Gasteiger partial charge in [-0.05, 0) is 48.4 Å². The van der Waals surface area contributed by atoms with Crippen LogP contribution in [0.15, 0.2) is 48.5 Å². The minimum atomic E-state index is 0.168. The summed E-state index contributed by atoms with van der Waals surface area (Å²) in [5, 5.41) is 4.02. The molecule has 0 fully saturated rings. The molecular formula is C18H22ClNO. The Hall–Kier alpha value is -1.51. The molecule has 0 aliphatic carbocycles. The molecule has 2 aromatic rings. The summed E-state index contributed by atoms with van der Waals surface area (Å²) in [6, 6.07) is 16.3. The van der Waals surface area contributed by atoms with Crippen LogP contribution in [0.25, 0.3) is 0 Å². The van der Waals surface area contributed by atoms with Gasteiger partial charge in [0.05, 0.1) is 6.04 Å². The summed E-state index contributed by atoms with van der Waals surface area (Å²) in [5.41, 5.74) is 2.59. The molecule has 2 rings (SSSR count). The minimum Gasteiger partial charge on any atom is -0.492 e. The van der Waals surface area contributed by atoms with Gasteiger partial charge in [0, 0.05) is 5.02 Å². The van der Waals surface area contributed by atoms with Crippen molar-refractivity contribution >= 4 is 11.6 Å². The zero-order valence-electron chi connectivity index (χ0n) is 12.8. The van der Waals surface area contributed by atoms with Crippen LogP contribution in [0.3, 0.4) is 0 Å². The summed E-state index contributed by atoms with van der Waals surface area (Å²) in [6.07, 6.45) is 0. The van der Waals surface area contributed by atoms with Crippen LogP contribution in [-0.2, 0) is 0 Å². The molecule has 0 saturated carbocycles. The average molecular weight is 304 g/mol. The van der Waals surface area contributed by atoms with E-state index in [2.05, 4.69) is 43.4 Å². The largest absolute Gasteiger partial charge is 0.492 e. The van der Waals surface area contributed by atoms with Gasteiger partial charge in [-0.15, -0.1) is 0 Å². The van der Waals surface area contributed by atoms with Gasteiger partial charge < -0.3 is 10.1 Å². The highest BCUT2D eigenvalue weighted by Crippen LogP contribution is 2.21. The number of nitrogens with one attached hydrogen (secondary N) is 1. The molecule has 0 amide bonds. The SMILES string of the molecule is CNC(COc1ccc(Cl)cc1)c1ccc(C(C)C)cc1. The van der Waals surface area contributed by atoms with Crippen molar-refractivity contribution in [1.82, 2.24) is 5.32 Å². The van der Waals surface area contributed by atoms with E-state index in [1.165, 1.54) is 11.1 Å². The number of rotatable bonds is 6. The maximum absolute atomic E-state index is 5.87. The number of likely N-dealkylation sites (N-methyl/N-ethyl adjacent to an activating group) is 1. The first-order valence-corrected chi connectivity index (χ1v) is 7.63. The van der Waals surface area contributed by atoms with Crippen molar-refractivity contribution in [3.05, 3.63) is 64.7 Å². The number of ether oxygens (including phenoxy) is 1. The molecule has 0 saturated heterocycles. The summed E-state index contributed by atoms with van der Waals surface area (Å²) >= 11 is 5.87. The summed E-state index contributed by atoms with van der Waals surface area (Å²) < 4.78 is 5.82. The number of benzene rings is 2. The highest BCUT2D eigenvalue weighted by Gasteiger charge is 2.10. The second-order valence-electron chi connectivity index (χ2n) is 5.43. The molecular weight excluding hydrogens is 282 g/mol. The molecule has 0 aliphatic heterocycles. The Labute approximate surface area is 132 Å². The standard InChI is InChI=1S/C18H22ClNO/c1-13(2)14-4-6-15(7-5-14)18(20-3)12-21-17-10-8-16(19)9-11-17/h4-11,13,18,20H,12H2,1-3H3. The Morgan fingerprint density at radius 3 is 2.05 bits per heavy atom. The summed E-state index contributed by atoms with van der Waals surface area (Å²) in [7, 11) is 1.95. The van der Waals surface area contributed by atoms with Crippen LogP contribution < -0.4 is 10.1 Å². The molecule has 0 aliphatic rings. The predicted molar refractivity (Wildman–Crippen MR) is 89.3 cm³/mol. The maximum atomic E-state index is 5.87. The van der Waals surface area contributed by atoms with Crippen LogP contribution in [-0.4, -0.2) is 13.7 Å². The smallest absolute Gasteiger partial charge is 0.119 e. The van der Waals surface area contributed by atoms with Gasteiger partial charge in [-0.25, -0.2) is 0 Å². The van der Waals surface area contributed by atoms with Crippen molar-refractivity contribution in [1.29, 1.82) is 0 Å². The quantitative estimate of drug-likeness (QED) is 0.827. The Morgan fingerprint density at radius 2 is 1.52 bits per heavy atom. The van der Waals surface area contributed by atoms with E-state index >= 15 is 0 Å². The third-order valence-corrected chi connectivity index (χ3v) is 3.84. The van der Waals surface area contributed by atoms with Crippen molar-refractivity contribution in [3.8, 4) is 5.75 Å². The van der Waals surface area contributed by atoms with E-state index in [1.54, 1.807) is 0 Å². The fraction of sp³-hybridized carbons (Fsp3) is 0.333. The van der Waals surface area contributed by atoms with Crippen LogP contribution in [0.5, 0.6) is 5.75 Å². The van der Waals surface area contributed by atoms with Crippen molar-refractivity contribution in [2.45, 2.75) is 25.8 Å². The Kier molecular flexibility index (Phi) is 5.66. The molecule has 1 N–H and O–H groups in total. The monoisotopic (exact) mass is 303 g/mol. The number of halogens is 1. The molecule has 0 heterocycles. The second-order valence-corrected chi connectivity index (χ2v) is 5.86. The first kappa shape index (κ1) is 15.9. The lowest BCUT2D eigenvalue weighted by molar-refractivity contribution is 0.273. The van der Waals surface area contributed by atoms with E-state index in [4.69, 9.17) is 16.3 Å². The maximum Gasteiger partial charge on any atom is 0.119 e. The average Bonchev–Trinajstić information content (AvgIpc) is 2.50. The Bertz CT molecular complexity index is 548. The van der Waals surface area contributed by atoms with Gasteiger partial charge >= 0.3 is 0 Å². The fourth-order valence-corrected chi connectivity index (χ4v) is 2.30. The first-order chi connectivity index (χ1) is 10.1.